The fourth-order valence-electron chi connectivity index (χ4n) is 1.36. The van der Waals surface area contributed by atoms with Crippen molar-refractivity contribution in [2.24, 2.45) is 0 Å². The maximum absolute atomic E-state index is 11.6. The van der Waals surface area contributed by atoms with Crippen LogP contribution in [-0.2, 0) is 4.79 Å². The summed E-state index contributed by atoms with van der Waals surface area (Å²) >= 11 is 0. The van der Waals surface area contributed by atoms with Crippen molar-refractivity contribution in [3.8, 4) is 5.75 Å². The number of hydrogen-bond donors (Lipinski definition) is 0. The SMILES string of the molecule is COc1ccc(C=C(C)C(=O)N(C)C)cc1. The van der Waals surface area contributed by atoms with Crippen molar-refractivity contribution in [2.45, 2.75) is 6.92 Å². The Labute approximate surface area is 96.3 Å². The molecule has 0 N–H and O–H groups in total. The van der Waals surface area contributed by atoms with E-state index in [0.717, 1.165) is 16.9 Å². The molecule has 1 rings (SSSR count). The summed E-state index contributed by atoms with van der Waals surface area (Å²) in [7, 11) is 5.12. The van der Waals surface area contributed by atoms with Gasteiger partial charge in [0.2, 0.25) is 5.91 Å². The molecule has 1 aromatic rings. The van der Waals surface area contributed by atoms with E-state index in [4.69, 9.17) is 4.74 Å². The first kappa shape index (κ1) is 12.3. The van der Waals surface area contributed by atoms with Gasteiger partial charge in [-0.3, -0.25) is 4.79 Å². The third kappa shape index (κ3) is 3.12. The quantitative estimate of drug-likeness (QED) is 0.729. The number of methoxy groups -OCH3 is 1. The van der Waals surface area contributed by atoms with Crippen LogP contribution in [-0.4, -0.2) is 32.0 Å². The molecule has 16 heavy (non-hydrogen) atoms. The highest BCUT2D eigenvalue weighted by Gasteiger charge is 2.05. The minimum atomic E-state index is 0.0239. The highest BCUT2D eigenvalue weighted by Crippen LogP contribution is 2.14. The van der Waals surface area contributed by atoms with E-state index in [-0.39, 0.29) is 5.91 Å². The van der Waals surface area contributed by atoms with E-state index in [2.05, 4.69) is 0 Å². The molecule has 86 valence electrons. The molecule has 1 aromatic carbocycles. The van der Waals surface area contributed by atoms with E-state index in [1.165, 1.54) is 0 Å². The number of rotatable bonds is 3. The summed E-state index contributed by atoms with van der Waals surface area (Å²) in [6.45, 7) is 1.81. The number of benzene rings is 1. The Balaban J connectivity index is 2.86. The van der Waals surface area contributed by atoms with Gasteiger partial charge in [0, 0.05) is 19.7 Å². The number of carbonyl (C=O) groups excluding carboxylic acids is 1. The van der Waals surface area contributed by atoms with E-state index in [1.807, 2.05) is 37.3 Å². The molecule has 0 radical (unpaired) electrons. The van der Waals surface area contributed by atoms with Crippen LogP contribution in [0.4, 0.5) is 0 Å². The van der Waals surface area contributed by atoms with E-state index < -0.39 is 0 Å². The molecule has 0 unspecified atom stereocenters. The minimum absolute atomic E-state index is 0.0239. The second-order valence-electron chi connectivity index (χ2n) is 3.80. The second-order valence-corrected chi connectivity index (χ2v) is 3.80. The van der Waals surface area contributed by atoms with Gasteiger partial charge in [-0.2, -0.15) is 0 Å². The van der Waals surface area contributed by atoms with Crippen molar-refractivity contribution in [3.63, 3.8) is 0 Å². The van der Waals surface area contributed by atoms with Crippen molar-refractivity contribution in [2.75, 3.05) is 21.2 Å². The van der Waals surface area contributed by atoms with E-state index in [9.17, 15) is 4.79 Å². The topological polar surface area (TPSA) is 29.5 Å². The largest absolute Gasteiger partial charge is 0.497 e. The van der Waals surface area contributed by atoms with Crippen LogP contribution < -0.4 is 4.74 Å². The van der Waals surface area contributed by atoms with Crippen molar-refractivity contribution < 1.29 is 9.53 Å². The van der Waals surface area contributed by atoms with Gasteiger partial charge in [0.05, 0.1) is 7.11 Å². The lowest BCUT2D eigenvalue weighted by atomic mass is 10.1. The molecule has 0 spiro atoms. The van der Waals surface area contributed by atoms with Gasteiger partial charge in [0.1, 0.15) is 5.75 Å². The van der Waals surface area contributed by atoms with Crippen LogP contribution in [0.25, 0.3) is 6.08 Å². The summed E-state index contributed by atoms with van der Waals surface area (Å²) in [6, 6.07) is 7.59. The average Bonchev–Trinajstić information content (AvgIpc) is 2.28. The van der Waals surface area contributed by atoms with Crippen LogP contribution in [0.1, 0.15) is 12.5 Å². The van der Waals surface area contributed by atoms with Gasteiger partial charge >= 0.3 is 0 Å². The zero-order valence-corrected chi connectivity index (χ0v) is 10.2. The molecule has 0 aliphatic rings. The molecule has 0 aromatic heterocycles. The standard InChI is InChI=1S/C13H17NO2/c1-10(13(15)14(2)3)9-11-5-7-12(16-4)8-6-11/h5-9H,1-4H3. The smallest absolute Gasteiger partial charge is 0.248 e. The Morgan fingerprint density at radius 2 is 1.81 bits per heavy atom. The van der Waals surface area contributed by atoms with Gasteiger partial charge in [-0.05, 0) is 30.7 Å². The average molecular weight is 219 g/mol. The number of amides is 1. The monoisotopic (exact) mass is 219 g/mol. The molecule has 0 aliphatic carbocycles. The third-order valence-corrected chi connectivity index (χ3v) is 2.24. The summed E-state index contributed by atoms with van der Waals surface area (Å²) in [5.41, 5.74) is 1.71. The van der Waals surface area contributed by atoms with Crippen LogP contribution in [0.5, 0.6) is 5.75 Å². The third-order valence-electron chi connectivity index (χ3n) is 2.24. The van der Waals surface area contributed by atoms with Crippen molar-refractivity contribution in [1.29, 1.82) is 0 Å². The Kier molecular flexibility index (Phi) is 4.11. The minimum Gasteiger partial charge on any atom is -0.497 e. The molecule has 3 heteroatoms. The molecule has 0 aliphatic heterocycles. The first-order chi connectivity index (χ1) is 7.54. The maximum atomic E-state index is 11.6. The molecule has 1 amide bonds. The van der Waals surface area contributed by atoms with Crippen molar-refractivity contribution in [1.82, 2.24) is 4.90 Å². The lowest BCUT2D eigenvalue weighted by Gasteiger charge is -2.10. The van der Waals surface area contributed by atoms with Gasteiger partial charge in [0.15, 0.2) is 0 Å². The Morgan fingerprint density at radius 1 is 1.25 bits per heavy atom. The molecular formula is C13H17NO2. The van der Waals surface area contributed by atoms with Gasteiger partial charge < -0.3 is 9.64 Å². The maximum Gasteiger partial charge on any atom is 0.248 e. The van der Waals surface area contributed by atoms with E-state index in [1.54, 1.807) is 26.1 Å². The molecule has 3 nitrogen and oxygen atoms in total. The first-order valence-corrected chi connectivity index (χ1v) is 5.08. The van der Waals surface area contributed by atoms with Gasteiger partial charge in [0.25, 0.3) is 0 Å². The molecular weight excluding hydrogens is 202 g/mol. The summed E-state index contributed by atoms with van der Waals surface area (Å²) in [5, 5.41) is 0. The van der Waals surface area contributed by atoms with Crippen LogP contribution in [0, 0.1) is 0 Å². The van der Waals surface area contributed by atoms with Gasteiger partial charge in [-0.15, -0.1) is 0 Å². The summed E-state index contributed by atoms with van der Waals surface area (Å²) in [5.74, 6) is 0.838. The van der Waals surface area contributed by atoms with Crippen LogP contribution in [0.15, 0.2) is 29.8 Å². The highest BCUT2D eigenvalue weighted by molar-refractivity contribution is 5.96. The van der Waals surface area contributed by atoms with Crippen molar-refractivity contribution in [3.05, 3.63) is 35.4 Å². The number of nitrogens with zero attached hydrogens (tertiary/aromatic N) is 1. The normalized spacial score (nSPS) is 11.1. The number of hydrogen-bond acceptors (Lipinski definition) is 2. The highest BCUT2D eigenvalue weighted by atomic mass is 16.5. The fraction of sp³-hybridized carbons (Fsp3) is 0.308. The summed E-state index contributed by atoms with van der Waals surface area (Å²) < 4.78 is 5.06. The zero-order chi connectivity index (χ0) is 12.1. The van der Waals surface area contributed by atoms with E-state index >= 15 is 0 Å². The predicted octanol–water partition coefficient (Wildman–Crippen LogP) is 2.19. The zero-order valence-electron chi connectivity index (χ0n) is 10.2. The predicted molar refractivity (Wildman–Crippen MR) is 65.3 cm³/mol. The fourth-order valence-corrected chi connectivity index (χ4v) is 1.36. The van der Waals surface area contributed by atoms with Gasteiger partial charge in [-0.25, -0.2) is 0 Å². The second kappa shape index (κ2) is 5.35. The van der Waals surface area contributed by atoms with Crippen molar-refractivity contribution >= 4 is 12.0 Å². The molecule has 0 heterocycles. The molecule has 0 fully saturated rings. The molecule has 0 saturated heterocycles. The van der Waals surface area contributed by atoms with Gasteiger partial charge in [-0.1, -0.05) is 12.1 Å². The number of ether oxygens (including phenoxy) is 1. The van der Waals surface area contributed by atoms with E-state index in [0.29, 0.717) is 0 Å². The lowest BCUT2D eigenvalue weighted by Crippen LogP contribution is -2.22. The summed E-state index contributed by atoms with van der Waals surface area (Å²) in [4.78, 5) is 13.2. The Hall–Kier alpha value is -1.77. The number of likely N-dealkylation sites (N-methyl/N-ethyl adjacent to an activating group) is 1. The number of carbonyl (C=O) groups is 1. The lowest BCUT2D eigenvalue weighted by molar-refractivity contribution is -0.124. The van der Waals surface area contributed by atoms with Crippen LogP contribution in [0.3, 0.4) is 0 Å². The Bertz CT molecular complexity index is 391. The molecule has 0 atom stereocenters. The van der Waals surface area contributed by atoms with Crippen LogP contribution >= 0.6 is 0 Å². The Morgan fingerprint density at radius 3 is 2.25 bits per heavy atom. The van der Waals surface area contributed by atoms with Crippen LogP contribution in [0.2, 0.25) is 0 Å². The summed E-state index contributed by atoms with van der Waals surface area (Å²) in [6.07, 6.45) is 1.86. The molecule has 0 saturated carbocycles. The molecule has 0 bridgehead atoms. The first-order valence-electron chi connectivity index (χ1n) is 5.08.